The number of aromatic nitrogens is 2. The Labute approximate surface area is 117 Å². The number of nitrogens with two attached hydrogens (primary N) is 1. The maximum absolute atomic E-state index is 12.2. The number of aromatic amines is 1. The summed E-state index contributed by atoms with van der Waals surface area (Å²) in [6, 6.07) is 3.98. The van der Waals surface area contributed by atoms with Gasteiger partial charge in [0.2, 0.25) is 0 Å². The molecule has 1 amide bonds. The number of carbonyl (C=O) groups is 1. The van der Waals surface area contributed by atoms with Crippen LogP contribution in [0.3, 0.4) is 0 Å². The van der Waals surface area contributed by atoms with Crippen molar-refractivity contribution in [2.45, 2.75) is 13.5 Å². The number of nitrogens with one attached hydrogen (secondary N) is 1. The molecule has 0 saturated carbocycles. The number of amides is 1. The standard InChI is InChI=1S/C11H13BrN4OS/c1-2-16(6-7-3-4-9(12)18-7)11(17)10-8(13)5-14-15-10/h3-5H,2,6,13H2,1H3,(H,14,15). The van der Waals surface area contributed by atoms with Gasteiger partial charge in [-0.05, 0) is 35.0 Å². The van der Waals surface area contributed by atoms with Gasteiger partial charge >= 0.3 is 0 Å². The zero-order valence-corrected chi connectivity index (χ0v) is 12.2. The Morgan fingerprint density at radius 1 is 1.61 bits per heavy atom. The van der Waals surface area contributed by atoms with Gasteiger partial charge in [0.15, 0.2) is 0 Å². The average molecular weight is 329 g/mol. The minimum absolute atomic E-state index is 0.128. The summed E-state index contributed by atoms with van der Waals surface area (Å²) in [5.74, 6) is -0.128. The minimum Gasteiger partial charge on any atom is -0.396 e. The van der Waals surface area contributed by atoms with Crippen molar-refractivity contribution in [1.29, 1.82) is 0 Å². The molecule has 0 aliphatic carbocycles. The van der Waals surface area contributed by atoms with E-state index in [1.165, 1.54) is 6.20 Å². The van der Waals surface area contributed by atoms with Gasteiger partial charge in [0.05, 0.1) is 22.2 Å². The van der Waals surface area contributed by atoms with Crippen LogP contribution in [0.2, 0.25) is 0 Å². The number of anilines is 1. The maximum atomic E-state index is 12.2. The molecule has 0 fully saturated rings. The highest BCUT2D eigenvalue weighted by Gasteiger charge is 2.19. The van der Waals surface area contributed by atoms with E-state index in [9.17, 15) is 4.79 Å². The van der Waals surface area contributed by atoms with Crippen LogP contribution in [-0.2, 0) is 6.54 Å². The number of H-pyrrole nitrogens is 1. The van der Waals surface area contributed by atoms with Gasteiger partial charge < -0.3 is 10.6 Å². The summed E-state index contributed by atoms with van der Waals surface area (Å²) in [5, 5.41) is 6.41. The molecule has 5 nitrogen and oxygen atoms in total. The Hall–Kier alpha value is -1.34. The molecule has 0 unspecified atom stereocenters. The number of hydrogen-bond acceptors (Lipinski definition) is 4. The SMILES string of the molecule is CCN(Cc1ccc(Br)s1)C(=O)c1[nH]ncc1N. The molecule has 0 spiro atoms. The molecule has 0 radical (unpaired) electrons. The van der Waals surface area contributed by atoms with E-state index < -0.39 is 0 Å². The normalized spacial score (nSPS) is 10.6. The van der Waals surface area contributed by atoms with Crippen LogP contribution in [-0.4, -0.2) is 27.5 Å². The van der Waals surface area contributed by atoms with Gasteiger partial charge in [-0.25, -0.2) is 0 Å². The first-order valence-electron chi connectivity index (χ1n) is 5.44. The predicted molar refractivity (Wildman–Crippen MR) is 75.4 cm³/mol. The Bertz CT molecular complexity index is 551. The fraction of sp³-hybridized carbons (Fsp3) is 0.273. The smallest absolute Gasteiger partial charge is 0.274 e. The van der Waals surface area contributed by atoms with Crippen LogP contribution in [0.1, 0.15) is 22.3 Å². The van der Waals surface area contributed by atoms with E-state index in [0.29, 0.717) is 24.5 Å². The summed E-state index contributed by atoms with van der Waals surface area (Å²) in [5.41, 5.74) is 6.42. The molecule has 2 aromatic rings. The van der Waals surface area contributed by atoms with Gasteiger partial charge in [0.25, 0.3) is 5.91 Å². The van der Waals surface area contributed by atoms with Crippen LogP contribution < -0.4 is 5.73 Å². The molecule has 0 atom stereocenters. The van der Waals surface area contributed by atoms with Gasteiger partial charge in [-0.15, -0.1) is 11.3 Å². The van der Waals surface area contributed by atoms with Gasteiger partial charge in [-0.1, -0.05) is 0 Å². The largest absolute Gasteiger partial charge is 0.396 e. The number of thiophene rings is 1. The van der Waals surface area contributed by atoms with Crippen LogP contribution in [0.25, 0.3) is 0 Å². The van der Waals surface area contributed by atoms with Gasteiger partial charge in [0.1, 0.15) is 5.69 Å². The second kappa shape index (κ2) is 5.53. The quantitative estimate of drug-likeness (QED) is 0.905. The topological polar surface area (TPSA) is 75.0 Å². The van der Waals surface area contributed by atoms with Gasteiger partial charge in [0, 0.05) is 11.4 Å². The van der Waals surface area contributed by atoms with Crippen LogP contribution in [0.15, 0.2) is 22.1 Å². The second-order valence-electron chi connectivity index (χ2n) is 3.73. The van der Waals surface area contributed by atoms with E-state index in [1.54, 1.807) is 16.2 Å². The first kappa shape index (κ1) is 13.1. The van der Waals surface area contributed by atoms with Crippen molar-refractivity contribution >= 4 is 38.9 Å². The first-order chi connectivity index (χ1) is 8.61. The zero-order chi connectivity index (χ0) is 13.1. The van der Waals surface area contributed by atoms with E-state index in [0.717, 1.165) is 8.66 Å². The molecule has 0 aromatic carbocycles. The molecule has 0 aliphatic rings. The van der Waals surface area contributed by atoms with E-state index in [1.807, 2.05) is 19.1 Å². The van der Waals surface area contributed by atoms with Gasteiger partial charge in [-0.2, -0.15) is 5.10 Å². The van der Waals surface area contributed by atoms with Crippen molar-refractivity contribution in [3.63, 3.8) is 0 Å². The van der Waals surface area contributed by atoms with Gasteiger partial charge in [-0.3, -0.25) is 9.89 Å². The number of rotatable bonds is 4. The molecule has 3 N–H and O–H groups in total. The second-order valence-corrected chi connectivity index (χ2v) is 6.27. The first-order valence-corrected chi connectivity index (χ1v) is 7.05. The summed E-state index contributed by atoms with van der Waals surface area (Å²) < 4.78 is 1.06. The van der Waals surface area contributed by atoms with Crippen molar-refractivity contribution in [3.05, 3.63) is 32.7 Å². The zero-order valence-electron chi connectivity index (χ0n) is 9.81. The molecule has 0 aliphatic heterocycles. The van der Waals surface area contributed by atoms with Crippen molar-refractivity contribution in [1.82, 2.24) is 15.1 Å². The molecule has 2 rings (SSSR count). The lowest BCUT2D eigenvalue weighted by Gasteiger charge is -2.19. The van der Waals surface area contributed by atoms with Crippen molar-refractivity contribution < 1.29 is 4.79 Å². The lowest BCUT2D eigenvalue weighted by Crippen LogP contribution is -2.30. The highest BCUT2D eigenvalue weighted by molar-refractivity contribution is 9.11. The summed E-state index contributed by atoms with van der Waals surface area (Å²) >= 11 is 5.03. The molecule has 0 bridgehead atoms. The monoisotopic (exact) mass is 328 g/mol. The highest BCUT2D eigenvalue weighted by atomic mass is 79.9. The van der Waals surface area contributed by atoms with E-state index >= 15 is 0 Å². The lowest BCUT2D eigenvalue weighted by atomic mass is 10.3. The fourth-order valence-electron chi connectivity index (χ4n) is 1.58. The lowest BCUT2D eigenvalue weighted by molar-refractivity contribution is 0.0749. The number of halogens is 1. The Balaban J connectivity index is 2.14. The predicted octanol–water partition coefficient (Wildman–Crippen LogP) is 2.48. The Morgan fingerprint density at radius 3 is 2.89 bits per heavy atom. The molecule has 96 valence electrons. The Morgan fingerprint density at radius 2 is 2.39 bits per heavy atom. The van der Waals surface area contributed by atoms with Crippen LogP contribution in [0, 0.1) is 0 Å². The third-order valence-corrected chi connectivity index (χ3v) is 4.14. The van der Waals surface area contributed by atoms with Crippen LogP contribution in [0.4, 0.5) is 5.69 Å². The molecule has 7 heteroatoms. The third-order valence-electron chi connectivity index (χ3n) is 2.53. The molecule has 2 aromatic heterocycles. The summed E-state index contributed by atoms with van der Waals surface area (Å²) in [6.07, 6.45) is 1.45. The van der Waals surface area contributed by atoms with Crippen molar-refractivity contribution in [2.75, 3.05) is 12.3 Å². The average Bonchev–Trinajstić information content (AvgIpc) is 2.94. The number of hydrogen-bond donors (Lipinski definition) is 2. The molecule has 18 heavy (non-hydrogen) atoms. The van der Waals surface area contributed by atoms with Crippen molar-refractivity contribution in [3.8, 4) is 0 Å². The van der Waals surface area contributed by atoms with E-state index in [-0.39, 0.29) is 5.91 Å². The van der Waals surface area contributed by atoms with Crippen LogP contribution >= 0.6 is 27.3 Å². The van der Waals surface area contributed by atoms with E-state index in [2.05, 4.69) is 26.1 Å². The third kappa shape index (κ3) is 2.73. The molecule has 2 heterocycles. The summed E-state index contributed by atoms with van der Waals surface area (Å²) in [6.45, 7) is 3.13. The number of nitrogen functional groups attached to an aromatic ring is 1. The molecular weight excluding hydrogens is 316 g/mol. The van der Waals surface area contributed by atoms with Crippen LogP contribution in [0.5, 0.6) is 0 Å². The molecular formula is C11H13BrN4OS. The summed E-state index contributed by atoms with van der Waals surface area (Å²) in [7, 11) is 0. The van der Waals surface area contributed by atoms with Crippen molar-refractivity contribution in [2.24, 2.45) is 0 Å². The summed E-state index contributed by atoms with van der Waals surface area (Å²) in [4.78, 5) is 15.1. The van der Waals surface area contributed by atoms with E-state index in [4.69, 9.17) is 5.73 Å². The number of carbonyl (C=O) groups excluding carboxylic acids is 1. The fourth-order valence-corrected chi connectivity index (χ4v) is 3.08. The highest BCUT2D eigenvalue weighted by Crippen LogP contribution is 2.24. The Kier molecular flexibility index (Phi) is 4.03. The molecule has 0 saturated heterocycles. The number of nitrogens with zero attached hydrogens (tertiary/aromatic N) is 2. The maximum Gasteiger partial charge on any atom is 0.274 e. The minimum atomic E-state index is -0.128.